The van der Waals surface area contributed by atoms with Gasteiger partial charge in [0.05, 0.1) is 12.1 Å². The lowest BCUT2D eigenvalue weighted by atomic mass is 9.97. The summed E-state index contributed by atoms with van der Waals surface area (Å²) in [5, 5.41) is 0. The topological polar surface area (TPSA) is 46.3 Å². The maximum atomic E-state index is 12.3. The number of hydrogen-bond donors (Lipinski definition) is 0. The van der Waals surface area contributed by atoms with Crippen LogP contribution in [0.3, 0.4) is 0 Å². The zero-order chi connectivity index (χ0) is 14.9. The van der Waals surface area contributed by atoms with Crippen molar-refractivity contribution in [3.63, 3.8) is 0 Å². The normalized spacial score (nSPS) is 17.6. The lowest BCUT2D eigenvalue weighted by molar-refractivity contribution is -0.132. The Morgan fingerprint density at radius 1 is 1.35 bits per heavy atom. The lowest BCUT2D eigenvalue weighted by Gasteiger charge is -2.30. The summed E-state index contributed by atoms with van der Waals surface area (Å²) in [5.74, 6) is 2.33. The van der Waals surface area contributed by atoms with Crippen LogP contribution in [0.4, 0.5) is 0 Å². The van der Waals surface area contributed by atoms with Crippen molar-refractivity contribution >= 4 is 5.91 Å². The molecule has 0 spiro atoms. The third kappa shape index (κ3) is 3.41. The van der Waals surface area contributed by atoms with E-state index in [4.69, 9.17) is 4.42 Å². The zero-order valence-corrected chi connectivity index (χ0v) is 13.3. The van der Waals surface area contributed by atoms with Gasteiger partial charge in [0.25, 0.3) is 0 Å². The van der Waals surface area contributed by atoms with Gasteiger partial charge in [-0.25, -0.2) is 4.98 Å². The highest BCUT2D eigenvalue weighted by Gasteiger charge is 2.25. The van der Waals surface area contributed by atoms with Gasteiger partial charge in [-0.05, 0) is 25.7 Å². The molecule has 1 aliphatic heterocycles. The standard InChI is InChI=1S/C16H26N2O2/c1-11-6-8-18(9-7-11)14(19)10-13-12(2)17-15(20-13)16(3,4)5/h11H,6-10H2,1-5H3. The molecule has 4 nitrogen and oxygen atoms in total. The van der Waals surface area contributed by atoms with Crippen molar-refractivity contribution in [3.8, 4) is 0 Å². The number of nitrogens with zero attached hydrogens (tertiary/aromatic N) is 2. The Bertz CT molecular complexity index is 477. The van der Waals surface area contributed by atoms with Gasteiger partial charge in [0, 0.05) is 18.5 Å². The molecule has 2 heterocycles. The fraction of sp³-hybridized carbons (Fsp3) is 0.750. The number of rotatable bonds is 2. The van der Waals surface area contributed by atoms with Crippen molar-refractivity contribution in [2.75, 3.05) is 13.1 Å². The summed E-state index contributed by atoms with van der Waals surface area (Å²) in [6, 6.07) is 0. The van der Waals surface area contributed by atoms with E-state index in [9.17, 15) is 4.79 Å². The van der Waals surface area contributed by atoms with Crippen molar-refractivity contribution in [2.24, 2.45) is 5.92 Å². The summed E-state index contributed by atoms with van der Waals surface area (Å²) in [4.78, 5) is 18.7. The number of amides is 1. The number of carbonyl (C=O) groups is 1. The monoisotopic (exact) mass is 278 g/mol. The van der Waals surface area contributed by atoms with E-state index < -0.39 is 0 Å². The fourth-order valence-corrected chi connectivity index (χ4v) is 2.42. The van der Waals surface area contributed by atoms with E-state index in [-0.39, 0.29) is 11.3 Å². The third-order valence-electron chi connectivity index (χ3n) is 3.98. The molecule has 1 aromatic heterocycles. The van der Waals surface area contributed by atoms with Gasteiger partial charge in [-0.3, -0.25) is 4.79 Å². The summed E-state index contributed by atoms with van der Waals surface area (Å²) in [7, 11) is 0. The van der Waals surface area contributed by atoms with Crippen LogP contribution in [-0.4, -0.2) is 28.9 Å². The summed E-state index contributed by atoms with van der Waals surface area (Å²) in [6.45, 7) is 12.1. The van der Waals surface area contributed by atoms with E-state index in [1.807, 2.05) is 11.8 Å². The molecule has 1 aromatic rings. The Morgan fingerprint density at radius 2 is 1.95 bits per heavy atom. The van der Waals surface area contributed by atoms with Gasteiger partial charge in [-0.1, -0.05) is 27.7 Å². The molecule has 112 valence electrons. The summed E-state index contributed by atoms with van der Waals surface area (Å²) in [6.07, 6.45) is 2.55. The number of aromatic nitrogens is 1. The van der Waals surface area contributed by atoms with Crippen molar-refractivity contribution in [2.45, 2.75) is 59.3 Å². The van der Waals surface area contributed by atoms with Gasteiger partial charge in [-0.2, -0.15) is 0 Å². The molecule has 1 fully saturated rings. The van der Waals surface area contributed by atoms with Crippen LogP contribution < -0.4 is 0 Å². The first kappa shape index (κ1) is 15.1. The molecule has 0 bridgehead atoms. The molecule has 0 unspecified atom stereocenters. The van der Waals surface area contributed by atoms with Crippen molar-refractivity contribution in [3.05, 3.63) is 17.3 Å². The van der Waals surface area contributed by atoms with E-state index in [1.54, 1.807) is 0 Å². The minimum Gasteiger partial charge on any atom is -0.444 e. The van der Waals surface area contributed by atoms with Crippen LogP contribution in [0.5, 0.6) is 0 Å². The van der Waals surface area contributed by atoms with Crippen LogP contribution in [0.15, 0.2) is 4.42 Å². The molecule has 4 heteroatoms. The van der Waals surface area contributed by atoms with Crippen LogP contribution >= 0.6 is 0 Å². The molecule has 20 heavy (non-hydrogen) atoms. The number of aryl methyl sites for hydroxylation is 1. The van der Waals surface area contributed by atoms with E-state index in [2.05, 4.69) is 32.7 Å². The molecule has 1 saturated heterocycles. The predicted octanol–water partition coefficient (Wildman–Crippen LogP) is 3.08. The maximum absolute atomic E-state index is 12.3. The van der Waals surface area contributed by atoms with E-state index in [1.165, 1.54) is 0 Å². The molecule has 2 rings (SSSR count). The van der Waals surface area contributed by atoms with Gasteiger partial charge in [-0.15, -0.1) is 0 Å². The summed E-state index contributed by atoms with van der Waals surface area (Å²) < 4.78 is 5.80. The first-order chi connectivity index (χ1) is 9.27. The van der Waals surface area contributed by atoms with Gasteiger partial charge in [0.15, 0.2) is 5.89 Å². The summed E-state index contributed by atoms with van der Waals surface area (Å²) in [5.41, 5.74) is 0.723. The van der Waals surface area contributed by atoms with Crippen LogP contribution in [0, 0.1) is 12.8 Å². The molecule has 0 atom stereocenters. The number of carbonyl (C=O) groups excluding carboxylic acids is 1. The first-order valence-electron chi connectivity index (χ1n) is 7.52. The molecule has 1 amide bonds. The fourth-order valence-electron chi connectivity index (χ4n) is 2.42. The van der Waals surface area contributed by atoms with Gasteiger partial charge in [0.1, 0.15) is 5.76 Å². The molecule has 0 aliphatic carbocycles. The average molecular weight is 278 g/mol. The van der Waals surface area contributed by atoms with E-state index >= 15 is 0 Å². The summed E-state index contributed by atoms with van der Waals surface area (Å²) >= 11 is 0. The molecular weight excluding hydrogens is 252 g/mol. The Morgan fingerprint density at radius 3 is 2.45 bits per heavy atom. The Labute approximate surface area is 121 Å². The second-order valence-corrected chi connectivity index (χ2v) is 7.02. The minimum absolute atomic E-state index is 0.118. The zero-order valence-electron chi connectivity index (χ0n) is 13.3. The van der Waals surface area contributed by atoms with Crippen LogP contribution in [0.25, 0.3) is 0 Å². The first-order valence-corrected chi connectivity index (χ1v) is 7.52. The largest absolute Gasteiger partial charge is 0.444 e. The molecule has 0 saturated carbocycles. The quantitative estimate of drug-likeness (QED) is 0.835. The van der Waals surface area contributed by atoms with Crippen LogP contribution in [0.2, 0.25) is 0 Å². The van der Waals surface area contributed by atoms with E-state index in [0.717, 1.165) is 43.3 Å². The molecular formula is C16H26N2O2. The Kier molecular flexibility index (Phi) is 4.21. The highest BCUT2D eigenvalue weighted by molar-refractivity contribution is 5.78. The Balaban J connectivity index is 2.03. The molecule has 0 radical (unpaired) electrons. The van der Waals surface area contributed by atoms with Crippen molar-refractivity contribution in [1.29, 1.82) is 0 Å². The van der Waals surface area contributed by atoms with Crippen LogP contribution in [-0.2, 0) is 16.6 Å². The predicted molar refractivity (Wildman–Crippen MR) is 78.6 cm³/mol. The molecule has 0 aromatic carbocycles. The van der Waals surface area contributed by atoms with Gasteiger partial charge >= 0.3 is 0 Å². The highest BCUT2D eigenvalue weighted by Crippen LogP contribution is 2.25. The van der Waals surface area contributed by atoms with Crippen LogP contribution in [0.1, 0.15) is 57.9 Å². The molecule has 1 aliphatic rings. The number of likely N-dealkylation sites (tertiary alicyclic amines) is 1. The lowest BCUT2D eigenvalue weighted by Crippen LogP contribution is -2.38. The molecule has 0 N–H and O–H groups in total. The Hall–Kier alpha value is -1.32. The smallest absolute Gasteiger partial charge is 0.230 e. The second kappa shape index (κ2) is 5.58. The number of hydrogen-bond acceptors (Lipinski definition) is 3. The van der Waals surface area contributed by atoms with Crippen molar-refractivity contribution in [1.82, 2.24) is 9.88 Å². The highest BCUT2D eigenvalue weighted by atomic mass is 16.4. The number of piperidine rings is 1. The minimum atomic E-state index is -0.118. The van der Waals surface area contributed by atoms with E-state index in [0.29, 0.717) is 12.3 Å². The number of oxazole rings is 1. The van der Waals surface area contributed by atoms with Crippen molar-refractivity contribution < 1.29 is 9.21 Å². The third-order valence-corrected chi connectivity index (χ3v) is 3.98. The maximum Gasteiger partial charge on any atom is 0.230 e. The average Bonchev–Trinajstić information content (AvgIpc) is 2.71. The second-order valence-electron chi connectivity index (χ2n) is 7.02. The van der Waals surface area contributed by atoms with Gasteiger partial charge < -0.3 is 9.32 Å². The van der Waals surface area contributed by atoms with Gasteiger partial charge in [0.2, 0.25) is 5.91 Å². The SMILES string of the molecule is Cc1nc(C(C)(C)C)oc1CC(=O)N1CCC(C)CC1.